The highest BCUT2D eigenvalue weighted by atomic mass is 16.3. The Morgan fingerprint density at radius 2 is 1.15 bits per heavy atom. The van der Waals surface area contributed by atoms with Gasteiger partial charge < -0.3 is 20.8 Å². The van der Waals surface area contributed by atoms with Crippen molar-refractivity contribution in [2.75, 3.05) is 10.6 Å². The van der Waals surface area contributed by atoms with Crippen molar-refractivity contribution in [3.63, 3.8) is 0 Å². The number of aromatic hydroxyl groups is 2. The fraction of sp³-hybridized carbons (Fsp3) is 0.478. The van der Waals surface area contributed by atoms with Gasteiger partial charge >= 0.3 is 0 Å². The van der Waals surface area contributed by atoms with Gasteiger partial charge in [-0.25, -0.2) is 0 Å². The third-order valence-corrected chi connectivity index (χ3v) is 5.47. The molecule has 0 aliphatic carbocycles. The molecule has 2 atom stereocenters. The summed E-state index contributed by atoms with van der Waals surface area (Å²) >= 11 is 0. The number of anilines is 2. The minimum absolute atomic E-state index is 0.264. The topological polar surface area (TPSA) is 64.5 Å². The van der Waals surface area contributed by atoms with Crippen molar-refractivity contribution in [1.29, 1.82) is 0 Å². The Morgan fingerprint density at radius 3 is 1.48 bits per heavy atom. The molecule has 0 aliphatic rings. The average Bonchev–Trinajstić information content (AvgIpc) is 2.64. The number of phenolic OH excluding ortho intramolecular Hbond substituents is 2. The van der Waals surface area contributed by atoms with Gasteiger partial charge in [0.1, 0.15) is 11.5 Å². The van der Waals surface area contributed by atoms with Crippen LogP contribution in [0.5, 0.6) is 11.5 Å². The number of hydrogen-bond acceptors (Lipinski definition) is 4. The second-order valence-corrected chi connectivity index (χ2v) is 8.00. The van der Waals surface area contributed by atoms with Crippen LogP contribution >= 0.6 is 0 Å². The van der Waals surface area contributed by atoms with E-state index in [0.717, 1.165) is 35.3 Å². The molecule has 2 aromatic carbocycles. The number of hydrogen-bond donors (Lipinski definition) is 4. The molecule has 0 saturated heterocycles. The van der Waals surface area contributed by atoms with Gasteiger partial charge in [-0.15, -0.1) is 0 Å². The van der Waals surface area contributed by atoms with Crippen molar-refractivity contribution >= 4 is 11.4 Å². The Morgan fingerprint density at radius 1 is 0.778 bits per heavy atom. The van der Waals surface area contributed by atoms with Gasteiger partial charge in [-0.3, -0.25) is 0 Å². The minimum Gasteiger partial charge on any atom is -0.506 e. The van der Waals surface area contributed by atoms with Crippen LogP contribution in [0.4, 0.5) is 11.4 Å². The summed E-state index contributed by atoms with van der Waals surface area (Å²) in [5.74, 6) is 0.527. The molecular weight excluding hydrogens is 336 g/mol. The molecule has 4 N–H and O–H groups in total. The van der Waals surface area contributed by atoms with Crippen molar-refractivity contribution < 1.29 is 10.2 Å². The highest BCUT2D eigenvalue weighted by Gasteiger charge is 2.25. The van der Waals surface area contributed by atoms with Crippen LogP contribution in [-0.2, 0) is 5.41 Å². The lowest BCUT2D eigenvalue weighted by molar-refractivity contribution is 0.475. The first-order chi connectivity index (χ1) is 12.7. The summed E-state index contributed by atoms with van der Waals surface area (Å²) in [5.41, 5.74) is 3.44. The van der Waals surface area contributed by atoms with Crippen LogP contribution in [-0.4, -0.2) is 22.3 Å². The Balaban J connectivity index is 2.40. The SMILES string of the molecule is CCC(C)Nc1cc(C(C)(C)c2ccc(O)c(NC(C)CC)c2)ccc1O. The van der Waals surface area contributed by atoms with E-state index in [4.69, 9.17) is 0 Å². The molecule has 4 heteroatoms. The molecule has 2 unspecified atom stereocenters. The number of rotatable bonds is 8. The summed E-state index contributed by atoms with van der Waals surface area (Å²) in [7, 11) is 0. The third-order valence-electron chi connectivity index (χ3n) is 5.47. The van der Waals surface area contributed by atoms with E-state index in [0.29, 0.717) is 0 Å². The molecule has 0 aromatic heterocycles. The first-order valence-corrected chi connectivity index (χ1v) is 9.89. The fourth-order valence-electron chi connectivity index (χ4n) is 2.98. The van der Waals surface area contributed by atoms with E-state index in [1.165, 1.54) is 0 Å². The molecule has 0 amide bonds. The predicted molar refractivity (Wildman–Crippen MR) is 115 cm³/mol. The van der Waals surface area contributed by atoms with Crippen LogP contribution in [0.1, 0.15) is 65.5 Å². The average molecular weight is 371 g/mol. The highest BCUT2D eigenvalue weighted by molar-refractivity contribution is 5.62. The zero-order valence-corrected chi connectivity index (χ0v) is 17.4. The molecule has 0 saturated carbocycles. The standard InChI is InChI=1S/C23H34N2O2/c1-7-15(3)24-19-13-17(9-11-21(19)26)23(5,6)18-10-12-22(27)20(14-18)25-16(4)8-2/h9-16,24-27H,7-8H2,1-6H3. The van der Waals surface area contributed by atoms with Crippen LogP contribution in [0.15, 0.2) is 36.4 Å². The van der Waals surface area contributed by atoms with E-state index in [1.54, 1.807) is 12.1 Å². The Kier molecular flexibility index (Phi) is 6.63. The summed E-state index contributed by atoms with van der Waals surface area (Å²) in [6.45, 7) is 12.8. The van der Waals surface area contributed by atoms with Crippen LogP contribution in [0.3, 0.4) is 0 Å². The van der Waals surface area contributed by atoms with Crippen molar-refractivity contribution in [2.24, 2.45) is 0 Å². The highest BCUT2D eigenvalue weighted by Crippen LogP contribution is 2.38. The molecule has 2 rings (SSSR count). The Hall–Kier alpha value is -2.36. The van der Waals surface area contributed by atoms with Gasteiger partial charge in [0.2, 0.25) is 0 Å². The van der Waals surface area contributed by atoms with Crippen molar-refractivity contribution in [2.45, 2.75) is 71.9 Å². The lowest BCUT2D eigenvalue weighted by Crippen LogP contribution is -2.21. The fourth-order valence-corrected chi connectivity index (χ4v) is 2.98. The molecule has 0 bridgehead atoms. The summed E-state index contributed by atoms with van der Waals surface area (Å²) in [4.78, 5) is 0. The normalized spacial score (nSPS) is 13.9. The maximum absolute atomic E-state index is 10.2. The number of nitrogens with one attached hydrogen (secondary N) is 2. The molecular formula is C23H34N2O2. The smallest absolute Gasteiger partial charge is 0.138 e. The van der Waals surface area contributed by atoms with Crippen molar-refractivity contribution in [1.82, 2.24) is 0 Å². The molecule has 0 fully saturated rings. The van der Waals surface area contributed by atoms with E-state index >= 15 is 0 Å². The zero-order valence-electron chi connectivity index (χ0n) is 17.4. The van der Waals surface area contributed by atoms with E-state index in [-0.39, 0.29) is 29.0 Å². The molecule has 148 valence electrons. The quantitative estimate of drug-likeness (QED) is 0.441. The Labute approximate surface area is 163 Å². The van der Waals surface area contributed by atoms with Gasteiger partial charge in [-0.2, -0.15) is 0 Å². The zero-order chi connectivity index (χ0) is 20.2. The lowest BCUT2D eigenvalue weighted by Gasteiger charge is -2.28. The van der Waals surface area contributed by atoms with Crippen LogP contribution < -0.4 is 10.6 Å². The minimum atomic E-state index is -0.279. The van der Waals surface area contributed by atoms with Gasteiger partial charge in [0.25, 0.3) is 0 Å². The van der Waals surface area contributed by atoms with Crippen LogP contribution in [0.25, 0.3) is 0 Å². The summed E-state index contributed by atoms with van der Waals surface area (Å²) in [6.07, 6.45) is 1.96. The molecule has 0 aliphatic heterocycles. The third kappa shape index (κ3) is 4.88. The molecule has 0 heterocycles. The first kappa shape index (κ1) is 20.9. The second kappa shape index (κ2) is 8.55. The summed E-state index contributed by atoms with van der Waals surface area (Å²) in [6, 6.07) is 12.0. The van der Waals surface area contributed by atoms with E-state index in [9.17, 15) is 10.2 Å². The van der Waals surface area contributed by atoms with Gasteiger partial charge in [0, 0.05) is 17.5 Å². The monoisotopic (exact) mass is 370 g/mol. The van der Waals surface area contributed by atoms with Crippen molar-refractivity contribution in [3.05, 3.63) is 47.5 Å². The van der Waals surface area contributed by atoms with Crippen LogP contribution in [0, 0.1) is 0 Å². The molecule has 0 radical (unpaired) electrons. The van der Waals surface area contributed by atoms with E-state index in [1.807, 2.05) is 24.3 Å². The van der Waals surface area contributed by atoms with Gasteiger partial charge in [0.15, 0.2) is 0 Å². The van der Waals surface area contributed by atoms with Crippen molar-refractivity contribution in [3.8, 4) is 11.5 Å². The van der Waals surface area contributed by atoms with E-state index < -0.39 is 0 Å². The molecule has 2 aromatic rings. The lowest BCUT2D eigenvalue weighted by atomic mass is 9.77. The first-order valence-electron chi connectivity index (χ1n) is 9.89. The van der Waals surface area contributed by atoms with Gasteiger partial charge in [-0.05, 0) is 62.1 Å². The summed E-state index contributed by atoms with van der Waals surface area (Å²) < 4.78 is 0. The molecule has 27 heavy (non-hydrogen) atoms. The van der Waals surface area contributed by atoms with Crippen LogP contribution in [0.2, 0.25) is 0 Å². The largest absolute Gasteiger partial charge is 0.506 e. The predicted octanol–water partition coefficient (Wildman–Crippen LogP) is 5.84. The molecule has 0 spiro atoms. The van der Waals surface area contributed by atoms with Gasteiger partial charge in [0.05, 0.1) is 11.4 Å². The van der Waals surface area contributed by atoms with Gasteiger partial charge in [-0.1, -0.05) is 39.8 Å². The number of benzene rings is 2. The Bertz CT molecular complexity index is 707. The summed E-state index contributed by atoms with van der Waals surface area (Å²) in [5, 5.41) is 27.2. The van der Waals surface area contributed by atoms with E-state index in [2.05, 4.69) is 52.2 Å². The maximum atomic E-state index is 10.2. The maximum Gasteiger partial charge on any atom is 0.138 e. The molecule has 4 nitrogen and oxygen atoms in total. The second-order valence-electron chi connectivity index (χ2n) is 8.00. The number of phenols is 2.